The number of nitrogens with one attached hydrogen (secondary N) is 1. The zero-order chi connectivity index (χ0) is 16.1. The molecular weight excluding hydrogens is 294 g/mol. The number of ketones is 1. The molecular formula is C17H19N3O3. The Balaban J connectivity index is 1.67. The summed E-state index contributed by atoms with van der Waals surface area (Å²) in [6, 6.07) is 0. The first-order chi connectivity index (χ1) is 11.1. The maximum atomic E-state index is 12.7. The minimum atomic E-state index is -0.303. The Hall–Kier alpha value is -2.37. The smallest absolute Gasteiger partial charge is 0.292 e. The van der Waals surface area contributed by atoms with Gasteiger partial charge in [0.2, 0.25) is 0 Å². The summed E-state index contributed by atoms with van der Waals surface area (Å²) in [5.41, 5.74) is 3.44. The highest BCUT2D eigenvalue weighted by atomic mass is 16.4. The van der Waals surface area contributed by atoms with Crippen LogP contribution in [0.1, 0.15) is 62.8 Å². The summed E-state index contributed by atoms with van der Waals surface area (Å²) in [4.78, 5) is 24.7. The number of carbonyl (C=O) groups is 2. The van der Waals surface area contributed by atoms with Gasteiger partial charge in [0.1, 0.15) is 11.6 Å². The third kappa shape index (κ3) is 2.12. The molecule has 2 aliphatic rings. The molecule has 0 saturated heterocycles. The lowest BCUT2D eigenvalue weighted by atomic mass is 9.94. The summed E-state index contributed by atoms with van der Waals surface area (Å²) in [7, 11) is 1.83. The molecule has 0 spiro atoms. The average molecular weight is 313 g/mol. The average Bonchev–Trinajstić information content (AvgIpc) is 3.16. The molecule has 2 heterocycles. The van der Waals surface area contributed by atoms with Crippen molar-refractivity contribution in [2.24, 2.45) is 7.05 Å². The Morgan fingerprint density at radius 2 is 2.00 bits per heavy atom. The first kappa shape index (κ1) is 14.2. The molecule has 6 nitrogen and oxygen atoms in total. The van der Waals surface area contributed by atoms with Gasteiger partial charge in [0.25, 0.3) is 5.91 Å². The molecule has 2 aromatic rings. The summed E-state index contributed by atoms with van der Waals surface area (Å²) < 4.78 is 7.43. The van der Waals surface area contributed by atoms with Crippen molar-refractivity contribution in [2.45, 2.75) is 45.4 Å². The zero-order valence-electron chi connectivity index (χ0n) is 13.4. The SMILES string of the molecule is Cc1c(C(=O)Nc2c3c(nn2C)CCC3)oc2c1C(=O)CCC2. The van der Waals surface area contributed by atoms with Crippen LogP contribution in [0.25, 0.3) is 0 Å². The lowest BCUT2D eigenvalue weighted by Gasteiger charge is -2.07. The van der Waals surface area contributed by atoms with Gasteiger partial charge >= 0.3 is 0 Å². The van der Waals surface area contributed by atoms with Crippen molar-refractivity contribution in [3.63, 3.8) is 0 Å². The number of carbonyl (C=O) groups excluding carboxylic acids is 2. The molecule has 0 bridgehead atoms. The minimum Gasteiger partial charge on any atom is -0.455 e. The number of aryl methyl sites for hydroxylation is 3. The van der Waals surface area contributed by atoms with Crippen LogP contribution in [0.5, 0.6) is 0 Å². The molecule has 6 heteroatoms. The normalized spacial score (nSPS) is 16.3. The first-order valence-electron chi connectivity index (χ1n) is 8.08. The van der Waals surface area contributed by atoms with Crippen LogP contribution in [0.4, 0.5) is 5.82 Å². The van der Waals surface area contributed by atoms with Crippen molar-refractivity contribution in [3.8, 4) is 0 Å². The van der Waals surface area contributed by atoms with Crippen molar-refractivity contribution in [3.05, 3.63) is 33.9 Å². The monoisotopic (exact) mass is 313 g/mol. The number of Topliss-reactive ketones (excluding diaryl/α,β-unsaturated/α-hetero) is 1. The lowest BCUT2D eigenvalue weighted by Crippen LogP contribution is -2.16. The van der Waals surface area contributed by atoms with Crippen molar-refractivity contribution in [1.82, 2.24) is 9.78 Å². The van der Waals surface area contributed by atoms with Crippen LogP contribution >= 0.6 is 0 Å². The second-order valence-electron chi connectivity index (χ2n) is 6.34. The fraction of sp³-hybridized carbons (Fsp3) is 0.471. The van der Waals surface area contributed by atoms with Gasteiger partial charge in [-0.3, -0.25) is 14.3 Å². The van der Waals surface area contributed by atoms with Crippen molar-refractivity contribution >= 4 is 17.5 Å². The van der Waals surface area contributed by atoms with Crippen LogP contribution in [0.15, 0.2) is 4.42 Å². The van der Waals surface area contributed by atoms with Crippen LogP contribution < -0.4 is 5.32 Å². The van der Waals surface area contributed by atoms with Gasteiger partial charge in [-0.2, -0.15) is 5.10 Å². The van der Waals surface area contributed by atoms with E-state index in [1.807, 2.05) is 7.05 Å². The van der Waals surface area contributed by atoms with Gasteiger partial charge in [-0.1, -0.05) is 0 Å². The molecule has 0 radical (unpaired) electrons. The second-order valence-corrected chi connectivity index (χ2v) is 6.34. The number of nitrogens with zero attached hydrogens (tertiary/aromatic N) is 2. The Morgan fingerprint density at radius 1 is 1.22 bits per heavy atom. The van der Waals surface area contributed by atoms with Crippen molar-refractivity contribution in [2.75, 3.05) is 5.32 Å². The van der Waals surface area contributed by atoms with E-state index in [1.54, 1.807) is 11.6 Å². The van der Waals surface area contributed by atoms with E-state index in [-0.39, 0.29) is 17.5 Å². The Labute approximate surface area is 133 Å². The fourth-order valence-electron chi connectivity index (χ4n) is 3.71. The van der Waals surface area contributed by atoms with Crippen molar-refractivity contribution < 1.29 is 14.0 Å². The molecule has 0 fully saturated rings. The van der Waals surface area contributed by atoms with Crippen LogP contribution in [-0.4, -0.2) is 21.5 Å². The van der Waals surface area contributed by atoms with E-state index in [1.165, 1.54) is 0 Å². The molecule has 2 aliphatic carbocycles. The molecule has 1 N–H and O–H groups in total. The predicted octanol–water partition coefficient (Wildman–Crippen LogP) is 2.58. The van der Waals surface area contributed by atoms with E-state index >= 15 is 0 Å². The zero-order valence-corrected chi connectivity index (χ0v) is 13.4. The molecule has 0 atom stereocenters. The fourth-order valence-corrected chi connectivity index (χ4v) is 3.71. The van der Waals surface area contributed by atoms with E-state index in [2.05, 4.69) is 10.4 Å². The maximum absolute atomic E-state index is 12.7. The summed E-state index contributed by atoms with van der Waals surface area (Å²) in [5, 5.41) is 7.38. The van der Waals surface area contributed by atoms with Crippen LogP contribution in [0.3, 0.4) is 0 Å². The number of hydrogen-bond donors (Lipinski definition) is 1. The second kappa shape index (κ2) is 5.08. The molecule has 23 heavy (non-hydrogen) atoms. The molecule has 0 saturated carbocycles. The summed E-state index contributed by atoms with van der Waals surface area (Å²) >= 11 is 0. The van der Waals surface area contributed by atoms with Gasteiger partial charge in [0, 0.05) is 31.0 Å². The topological polar surface area (TPSA) is 77.1 Å². The van der Waals surface area contributed by atoms with Crippen LogP contribution in [0, 0.1) is 6.92 Å². The molecule has 2 aromatic heterocycles. The number of hydrogen-bond acceptors (Lipinski definition) is 4. The third-order valence-corrected chi connectivity index (χ3v) is 4.81. The largest absolute Gasteiger partial charge is 0.455 e. The summed E-state index contributed by atoms with van der Waals surface area (Å²) in [6.45, 7) is 1.79. The Kier molecular flexibility index (Phi) is 3.14. The highest BCUT2D eigenvalue weighted by Gasteiger charge is 2.30. The van der Waals surface area contributed by atoms with Crippen molar-refractivity contribution in [1.29, 1.82) is 0 Å². The predicted molar refractivity (Wildman–Crippen MR) is 83.9 cm³/mol. The minimum absolute atomic E-state index is 0.0768. The molecule has 120 valence electrons. The van der Waals surface area contributed by atoms with Gasteiger partial charge in [-0.05, 0) is 32.6 Å². The van der Waals surface area contributed by atoms with E-state index in [0.717, 1.165) is 49.2 Å². The standard InChI is InChI=1S/C17H19N3O3/c1-9-14-12(21)7-4-8-13(14)23-15(9)17(22)18-16-10-5-3-6-11(10)19-20(16)2/h3-8H2,1-2H3,(H,18,22). The Bertz CT molecular complexity index is 829. The number of furan rings is 1. The lowest BCUT2D eigenvalue weighted by molar-refractivity contribution is 0.0963. The van der Waals surface area contributed by atoms with E-state index < -0.39 is 0 Å². The van der Waals surface area contributed by atoms with Gasteiger partial charge in [0.05, 0.1) is 11.3 Å². The van der Waals surface area contributed by atoms with E-state index in [4.69, 9.17) is 4.42 Å². The van der Waals surface area contributed by atoms with Gasteiger partial charge in [-0.15, -0.1) is 0 Å². The van der Waals surface area contributed by atoms with Gasteiger partial charge in [-0.25, -0.2) is 0 Å². The van der Waals surface area contributed by atoms with Gasteiger partial charge in [0.15, 0.2) is 11.5 Å². The number of fused-ring (bicyclic) bond motifs is 2. The quantitative estimate of drug-likeness (QED) is 0.924. The molecule has 1 amide bonds. The maximum Gasteiger partial charge on any atom is 0.292 e. The Morgan fingerprint density at radius 3 is 2.78 bits per heavy atom. The van der Waals surface area contributed by atoms with E-state index in [9.17, 15) is 9.59 Å². The molecule has 0 aliphatic heterocycles. The third-order valence-electron chi connectivity index (χ3n) is 4.81. The molecule has 0 unspecified atom stereocenters. The molecule has 0 aromatic carbocycles. The summed E-state index contributed by atoms with van der Waals surface area (Å²) in [6.07, 6.45) is 5.01. The first-order valence-corrected chi connectivity index (χ1v) is 8.08. The number of rotatable bonds is 2. The van der Waals surface area contributed by atoms with E-state index in [0.29, 0.717) is 23.3 Å². The van der Waals surface area contributed by atoms with Crippen LogP contribution in [-0.2, 0) is 26.3 Å². The highest BCUT2D eigenvalue weighted by Crippen LogP contribution is 2.31. The number of anilines is 1. The molecule has 4 rings (SSSR count). The number of aromatic nitrogens is 2. The van der Waals surface area contributed by atoms with Crippen LogP contribution in [0.2, 0.25) is 0 Å². The summed E-state index contributed by atoms with van der Waals surface area (Å²) in [5.74, 6) is 1.41. The number of amides is 1. The van der Waals surface area contributed by atoms with Gasteiger partial charge < -0.3 is 9.73 Å². The highest BCUT2D eigenvalue weighted by molar-refractivity contribution is 6.07.